The predicted octanol–water partition coefficient (Wildman–Crippen LogP) is 3.32. The summed E-state index contributed by atoms with van der Waals surface area (Å²) in [6.45, 7) is 6.29. The molecule has 3 nitrogen and oxygen atoms in total. The molecular formula is C16H26ClNO2. The normalized spacial score (nSPS) is 15.6. The maximum Gasteiger partial charge on any atom is 0.122 e. The molecule has 20 heavy (non-hydrogen) atoms. The molecule has 0 aromatic heterocycles. The Labute approximate surface area is 128 Å². The van der Waals surface area contributed by atoms with E-state index in [9.17, 15) is 0 Å². The van der Waals surface area contributed by atoms with Gasteiger partial charge in [0.05, 0.1) is 13.2 Å². The zero-order chi connectivity index (χ0) is 13.7. The molecule has 1 aliphatic rings. The first-order valence-corrected chi connectivity index (χ1v) is 7.27. The van der Waals surface area contributed by atoms with Crippen LogP contribution in [0, 0.1) is 5.92 Å². The minimum atomic E-state index is 0. The Morgan fingerprint density at radius 3 is 2.70 bits per heavy atom. The first-order valence-electron chi connectivity index (χ1n) is 7.27. The summed E-state index contributed by atoms with van der Waals surface area (Å²) in [6, 6.07) is 6.43. The summed E-state index contributed by atoms with van der Waals surface area (Å²) in [5.74, 6) is 1.76. The van der Waals surface area contributed by atoms with Crippen LogP contribution in [0.25, 0.3) is 0 Å². The van der Waals surface area contributed by atoms with Crippen LogP contribution >= 0.6 is 12.4 Å². The molecule has 1 atom stereocenters. The van der Waals surface area contributed by atoms with E-state index in [1.165, 1.54) is 24.0 Å². The average Bonchev–Trinajstić information content (AvgIpc) is 3.16. The van der Waals surface area contributed by atoms with Crippen molar-refractivity contribution in [2.45, 2.75) is 45.8 Å². The van der Waals surface area contributed by atoms with E-state index in [1.54, 1.807) is 0 Å². The van der Waals surface area contributed by atoms with Crippen LogP contribution in [0.1, 0.15) is 37.8 Å². The van der Waals surface area contributed by atoms with Crippen LogP contribution < -0.4 is 10.5 Å². The summed E-state index contributed by atoms with van der Waals surface area (Å²) in [4.78, 5) is 0. The number of benzene rings is 1. The Bertz CT molecular complexity index is 405. The Morgan fingerprint density at radius 1 is 1.35 bits per heavy atom. The van der Waals surface area contributed by atoms with Crippen LogP contribution in [0.5, 0.6) is 5.75 Å². The quantitative estimate of drug-likeness (QED) is 0.801. The van der Waals surface area contributed by atoms with E-state index in [-0.39, 0.29) is 18.4 Å². The van der Waals surface area contributed by atoms with E-state index < -0.39 is 0 Å². The maximum atomic E-state index is 5.90. The van der Waals surface area contributed by atoms with E-state index in [2.05, 4.69) is 12.1 Å². The van der Waals surface area contributed by atoms with Crippen molar-refractivity contribution in [1.82, 2.24) is 0 Å². The summed E-state index contributed by atoms with van der Waals surface area (Å²) in [5.41, 5.74) is 8.29. The number of hydrogen-bond acceptors (Lipinski definition) is 3. The highest BCUT2D eigenvalue weighted by Gasteiger charge is 2.21. The molecule has 0 bridgehead atoms. The molecule has 2 rings (SSSR count). The molecule has 0 spiro atoms. The summed E-state index contributed by atoms with van der Waals surface area (Å²) in [7, 11) is 0. The number of rotatable bonds is 8. The van der Waals surface area contributed by atoms with Crippen molar-refractivity contribution in [2.24, 2.45) is 11.7 Å². The van der Waals surface area contributed by atoms with E-state index >= 15 is 0 Å². The number of ether oxygens (including phenoxy) is 2. The Hall–Kier alpha value is -0.770. The molecule has 0 aliphatic heterocycles. The summed E-state index contributed by atoms with van der Waals surface area (Å²) in [6.07, 6.45) is 3.50. The van der Waals surface area contributed by atoms with Crippen LogP contribution in [0.4, 0.5) is 0 Å². The van der Waals surface area contributed by atoms with Crippen molar-refractivity contribution >= 4 is 12.4 Å². The standard InChI is InChI=1S/C16H25NO2.ClH/c1-3-19-16-7-6-14(9-15(16)8-12(2)17)11-18-10-13-4-5-13;/h6-7,9,12-13H,3-5,8,10-11,17H2,1-2H3;1H. The second-order valence-corrected chi connectivity index (χ2v) is 5.51. The predicted molar refractivity (Wildman–Crippen MR) is 84.6 cm³/mol. The van der Waals surface area contributed by atoms with Crippen LogP contribution in [0.15, 0.2) is 18.2 Å². The third-order valence-electron chi connectivity index (χ3n) is 3.29. The third kappa shape index (κ3) is 5.70. The lowest BCUT2D eigenvalue weighted by molar-refractivity contribution is 0.111. The van der Waals surface area contributed by atoms with Crippen molar-refractivity contribution in [2.75, 3.05) is 13.2 Å². The van der Waals surface area contributed by atoms with Gasteiger partial charge in [0.15, 0.2) is 0 Å². The molecule has 1 aromatic carbocycles. The zero-order valence-electron chi connectivity index (χ0n) is 12.4. The minimum Gasteiger partial charge on any atom is -0.494 e. The topological polar surface area (TPSA) is 44.5 Å². The lowest BCUT2D eigenvalue weighted by Gasteiger charge is -2.14. The van der Waals surface area contributed by atoms with Gasteiger partial charge in [0.2, 0.25) is 0 Å². The summed E-state index contributed by atoms with van der Waals surface area (Å²) < 4.78 is 11.4. The first-order chi connectivity index (χ1) is 9.19. The molecule has 4 heteroatoms. The van der Waals surface area contributed by atoms with Crippen LogP contribution in [0.2, 0.25) is 0 Å². The SMILES string of the molecule is CCOc1ccc(COCC2CC2)cc1CC(C)N.Cl. The molecule has 0 heterocycles. The van der Waals surface area contributed by atoms with Crippen LogP contribution in [-0.4, -0.2) is 19.3 Å². The van der Waals surface area contributed by atoms with E-state index in [0.717, 1.165) is 24.7 Å². The molecular weight excluding hydrogens is 274 g/mol. The van der Waals surface area contributed by atoms with Gasteiger partial charge in [-0.1, -0.05) is 6.07 Å². The maximum absolute atomic E-state index is 5.90. The average molecular weight is 300 g/mol. The highest BCUT2D eigenvalue weighted by atomic mass is 35.5. The van der Waals surface area contributed by atoms with E-state index in [0.29, 0.717) is 13.2 Å². The van der Waals surface area contributed by atoms with Crippen molar-refractivity contribution in [3.63, 3.8) is 0 Å². The highest BCUT2D eigenvalue weighted by Crippen LogP contribution is 2.29. The molecule has 114 valence electrons. The van der Waals surface area contributed by atoms with Gasteiger partial charge in [0.25, 0.3) is 0 Å². The number of halogens is 1. The van der Waals surface area contributed by atoms with Gasteiger partial charge in [0.1, 0.15) is 5.75 Å². The fraction of sp³-hybridized carbons (Fsp3) is 0.625. The van der Waals surface area contributed by atoms with Gasteiger partial charge in [-0.25, -0.2) is 0 Å². The van der Waals surface area contributed by atoms with E-state index in [1.807, 2.05) is 19.9 Å². The van der Waals surface area contributed by atoms with Gasteiger partial charge in [-0.3, -0.25) is 0 Å². The van der Waals surface area contributed by atoms with Crippen molar-refractivity contribution in [3.05, 3.63) is 29.3 Å². The third-order valence-corrected chi connectivity index (χ3v) is 3.29. The van der Waals surface area contributed by atoms with Gasteiger partial charge >= 0.3 is 0 Å². The fourth-order valence-corrected chi connectivity index (χ4v) is 2.15. The van der Waals surface area contributed by atoms with E-state index in [4.69, 9.17) is 15.2 Å². The Morgan fingerprint density at radius 2 is 2.10 bits per heavy atom. The molecule has 1 saturated carbocycles. The molecule has 1 aliphatic carbocycles. The lowest BCUT2D eigenvalue weighted by atomic mass is 10.0. The summed E-state index contributed by atoms with van der Waals surface area (Å²) >= 11 is 0. The van der Waals surface area contributed by atoms with Gasteiger partial charge in [-0.2, -0.15) is 0 Å². The van der Waals surface area contributed by atoms with Gasteiger partial charge in [-0.05, 0) is 62.3 Å². The Balaban J connectivity index is 0.00000200. The minimum absolute atomic E-state index is 0. The molecule has 1 aromatic rings. The van der Waals surface area contributed by atoms with Crippen LogP contribution in [0.3, 0.4) is 0 Å². The second-order valence-electron chi connectivity index (χ2n) is 5.51. The molecule has 2 N–H and O–H groups in total. The highest BCUT2D eigenvalue weighted by molar-refractivity contribution is 5.85. The number of hydrogen-bond donors (Lipinski definition) is 1. The number of nitrogens with two attached hydrogens (primary N) is 1. The van der Waals surface area contributed by atoms with Gasteiger partial charge in [-0.15, -0.1) is 12.4 Å². The van der Waals surface area contributed by atoms with Gasteiger partial charge in [0, 0.05) is 12.6 Å². The molecule has 1 fully saturated rings. The zero-order valence-corrected chi connectivity index (χ0v) is 13.2. The molecule has 0 amide bonds. The second kappa shape index (κ2) is 8.50. The largest absolute Gasteiger partial charge is 0.494 e. The fourth-order valence-electron chi connectivity index (χ4n) is 2.15. The summed E-state index contributed by atoms with van der Waals surface area (Å²) in [5, 5.41) is 0. The molecule has 1 unspecified atom stereocenters. The van der Waals surface area contributed by atoms with Gasteiger partial charge < -0.3 is 15.2 Å². The van der Waals surface area contributed by atoms with Crippen molar-refractivity contribution in [3.8, 4) is 5.75 Å². The van der Waals surface area contributed by atoms with Crippen molar-refractivity contribution < 1.29 is 9.47 Å². The molecule has 0 saturated heterocycles. The Kier molecular flexibility index (Phi) is 7.35. The lowest BCUT2D eigenvalue weighted by Crippen LogP contribution is -2.18. The van der Waals surface area contributed by atoms with Crippen LogP contribution in [-0.2, 0) is 17.8 Å². The monoisotopic (exact) mass is 299 g/mol. The smallest absolute Gasteiger partial charge is 0.122 e. The first kappa shape index (κ1) is 17.3. The van der Waals surface area contributed by atoms with Crippen molar-refractivity contribution in [1.29, 1.82) is 0 Å². The molecule has 0 radical (unpaired) electrons.